The van der Waals surface area contributed by atoms with Crippen LogP contribution in [-0.2, 0) is 13.0 Å². The summed E-state index contributed by atoms with van der Waals surface area (Å²) in [7, 11) is 0. The van der Waals surface area contributed by atoms with Crippen molar-refractivity contribution in [2.24, 2.45) is 11.7 Å². The molecule has 2 N–H and O–H groups in total. The summed E-state index contributed by atoms with van der Waals surface area (Å²) in [6.07, 6.45) is 3.29. The molecule has 2 rings (SSSR count). The van der Waals surface area contributed by atoms with Crippen molar-refractivity contribution in [3.05, 3.63) is 11.7 Å². The molecule has 1 aromatic rings. The first kappa shape index (κ1) is 11.5. The molecular formula is C11H20N4O. The molecule has 1 aliphatic heterocycles. The van der Waals surface area contributed by atoms with Crippen LogP contribution in [0.1, 0.15) is 31.5 Å². The van der Waals surface area contributed by atoms with Crippen LogP contribution in [0.4, 0.5) is 0 Å². The maximum Gasteiger partial charge on any atom is 0.240 e. The van der Waals surface area contributed by atoms with Crippen molar-refractivity contribution >= 4 is 0 Å². The lowest BCUT2D eigenvalue weighted by molar-refractivity contribution is 0.153. The van der Waals surface area contributed by atoms with Crippen LogP contribution >= 0.6 is 0 Å². The Balaban J connectivity index is 1.88. The average molecular weight is 224 g/mol. The Kier molecular flexibility index (Phi) is 3.90. The monoisotopic (exact) mass is 224 g/mol. The van der Waals surface area contributed by atoms with E-state index in [9.17, 15) is 0 Å². The van der Waals surface area contributed by atoms with E-state index in [2.05, 4.69) is 15.0 Å². The predicted molar refractivity (Wildman–Crippen MR) is 60.7 cm³/mol. The van der Waals surface area contributed by atoms with Gasteiger partial charge in [-0.25, -0.2) is 0 Å². The zero-order valence-corrected chi connectivity index (χ0v) is 9.85. The van der Waals surface area contributed by atoms with Gasteiger partial charge in [-0.3, -0.25) is 4.90 Å². The lowest BCUT2D eigenvalue weighted by Crippen LogP contribution is -2.37. The molecule has 0 spiro atoms. The SMILES string of the molecule is CCc1noc(CN2CCCC(CN)C2)n1. The van der Waals surface area contributed by atoms with Gasteiger partial charge in [-0.2, -0.15) is 4.98 Å². The fourth-order valence-corrected chi connectivity index (χ4v) is 2.18. The van der Waals surface area contributed by atoms with Gasteiger partial charge in [0.25, 0.3) is 0 Å². The summed E-state index contributed by atoms with van der Waals surface area (Å²) in [5.74, 6) is 2.15. The molecule has 5 nitrogen and oxygen atoms in total. The summed E-state index contributed by atoms with van der Waals surface area (Å²) in [5, 5.41) is 3.90. The quantitative estimate of drug-likeness (QED) is 0.819. The third-order valence-electron chi connectivity index (χ3n) is 3.12. The summed E-state index contributed by atoms with van der Waals surface area (Å²) in [6.45, 7) is 5.74. The number of nitrogens with zero attached hydrogens (tertiary/aromatic N) is 3. The highest BCUT2D eigenvalue weighted by molar-refractivity contribution is 4.86. The molecule has 1 aliphatic rings. The normalized spacial score (nSPS) is 22.5. The fourth-order valence-electron chi connectivity index (χ4n) is 2.18. The van der Waals surface area contributed by atoms with Crippen molar-refractivity contribution in [3.63, 3.8) is 0 Å². The van der Waals surface area contributed by atoms with Gasteiger partial charge in [0.2, 0.25) is 5.89 Å². The molecule has 16 heavy (non-hydrogen) atoms. The molecule has 0 bridgehead atoms. The summed E-state index contributed by atoms with van der Waals surface area (Å²) >= 11 is 0. The lowest BCUT2D eigenvalue weighted by atomic mass is 9.98. The first-order chi connectivity index (χ1) is 7.81. The van der Waals surface area contributed by atoms with Crippen LogP contribution in [-0.4, -0.2) is 34.7 Å². The van der Waals surface area contributed by atoms with E-state index < -0.39 is 0 Å². The second kappa shape index (κ2) is 5.41. The van der Waals surface area contributed by atoms with Crippen molar-refractivity contribution in [2.45, 2.75) is 32.7 Å². The molecule has 5 heteroatoms. The largest absolute Gasteiger partial charge is 0.338 e. The highest BCUT2D eigenvalue weighted by atomic mass is 16.5. The minimum atomic E-state index is 0.627. The van der Waals surface area contributed by atoms with Crippen LogP contribution in [0.15, 0.2) is 4.52 Å². The molecule has 1 saturated heterocycles. The second-order valence-corrected chi connectivity index (χ2v) is 4.44. The average Bonchev–Trinajstić information content (AvgIpc) is 2.77. The number of hydrogen-bond acceptors (Lipinski definition) is 5. The van der Waals surface area contributed by atoms with Gasteiger partial charge < -0.3 is 10.3 Å². The Bertz CT molecular complexity index is 326. The maximum absolute atomic E-state index is 5.71. The molecule has 1 unspecified atom stereocenters. The van der Waals surface area contributed by atoms with Crippen LogP contribution in [0.5, 0.6) is 0 Å². The van der Waals surface area contributed by atoms with Crippen LogP contribution in [0.25, 0.3) is 0 Å². The predicted octanol–water partition coefficient (Wildman–Crippen LogP) is 0.803. The zero-order chi connectivity index (χ0) is 11.4. The molecule has 2 heterocycles. The number of aromatic nitrogens is 2. The summed E-state index contributed by atoms with van der Waals surface area (Å²) < 4.78 is 5.19. The van der Waals surface area contributed by atoms with Gasteiger partial charge in [-0.05, 0) is 31.8 Å². The van der Waals surface area contributed by atoms with Crippen LogP contribution in [0, 0.1) is 5.92 Å². The summed E-state index contributed by atoms with van der Waals surface area (Å²) in [4.78, 5) is 6.68. The zero-order valence-electron chi connectivity index (χ0n) is 9.85. The molecule has 1 atom stereocenters. The topological polar surface area (TPSA) is 68.2 Å². The van der Waals surface area contributed by atoms with Gasteiger partial charge in [0.1, 0.15) is 0 Å². The van der Waals surface area contributed by atoms with E-state index in [0.29, 0.717) is 5.92 Å². The van der Waals surface area contributed by atoms with E-state index in [1.165, 1.54) is 12.8 Å². The molecule has 0 radical (unpaired) electrons. The van der Waals surface area contributed by atoms with E-state index in [0.717, 1.165) is 44.3 Å². The standard InChI is InChI=1S/C11H20N4O/c1-2-10-13-11(16-14-10)8-15-5-3-4-9(6-12)7-15/h9H,2-8,12H2,1H3. The highest BCUT2D eigenvalue weighted by Gasteiger charge is 2.20. The van der Waals surface area contributed by atoms with Crippen LogP contribution in [0.3, 0.4) is 0 Å². The molecule has 0 saturated carbocycles. The van der Waals surface area contributed by atoms with Crippen molar-refractivity contribution in [3.8, 4) is 0 Å². The summed E-state index contributed by atoms with van der Waals surface area (Å²) in [6, 6.07) is 0. The van der Waals surface area contributed by atoms with Crippen molar-refractivity contribution in [2.75, 3.05) is 19.6 Å². The van der Waals surface area contributed by atoms with Gasteiger partial charge in [0, 0.05) is 13.0 Å². The second-order valence-electron chi connectivity index (χ2n) is 4.44. The number of nitrogens with two attached hydrogens (primary N) is 1. The maximum atomic E-state index is 5.71. The van der Waals surface area contributed by atoms with E-state index in [-0.39, 0.29) is 0 Å². The van der Waals surface area contributed by atoms with Gasteiger partial charge in [-0.1, -0.05) is 12.1 Å². The van der Waals surface area contributed by atoms with Gasteiger partial charge in [0.15, 0.2) is 5.82 Å². The number of hydrogen-bond donors (Lipinski definition) is 1. The number of rotatable bonds is 4. The number of likely N-dealkylation sites (tertiary alicyclic amines) is 1. The van der Waals surface area contributed by atoms with E-state index >= 15 is 0 Å². The first-order valence-electron chi connectivity index (χ1n) is 6.05. The highest BCUT2D eigenvalue weighted by Crippen LogP contribution is 2.17. The van der Waals surface area contributed by atoms with Gasteiger partial charge >= 0.3 is 0 Å². The molecule has 0 aromatic carbocycles. The number of aryl methyl sites for hydroxylation is 1. The number of piperidine rings is 1. The van der Waals surface area contributed by atoms with E-state index in [1.54, 1.807) is 0 Å². The molecule has 1 fully saturated rings. The first-order valence-corrected chi connectivity index (χ1v) is 6.05. The third kappa shape index (κ3) is 2.80. The minimum Gasteiger partial charge on any atom is -0.338 e. The van der Waals surface area contributed by atoms with Crippen molar-refractivity contribution in [1.82, 2.24) is 15.0 Å². The Labute approximate surface area is 96.0 Å². The van der Waals surface area contributed by atoms with Crippen LogP contribution in [0.2, 0.25) is 0 Å². The fraction of sp³-hybridized carbons (Fsp3) is 0.818. The van der Waals surface area contributed by atoms with Crippen molar-refractivity contribution in [1.29, 1.82) is 0 Å². The molecule has 90 valence electrons. The molecule has 0 aliphatic carbocycles. The Morgan fingerprint density at radius 2 is 2.44 bits per heavy atom. The van der Waals surface area contributed by atoms with Gasteiger partial charge in [-0.15, -0.1) is 0 Å². The molecular weight excluding hydrogens is 204 g/mol. The van der Waals surface area contributed by atoms with E-state index in [1.807, 2.05) is 6.92 Å². The minimum absolute atomic E-state index is 0.627. The van der Waals surface area contributed by atoms with Gasteiger partial charge in [0.05, 0.1) is 6.54 Å². The Morgan fingerprint density at radius 1 is 1.56 bits per heavy atom. The molecule has 0 amide bonds. The lowest BCUT2D eigenvalue weighted by Gasteiger charge is -2.30. The van der Waals surface area contributed by atoms with E-state index in [4.69, 9.17) is 10.3 Å². The Hall–Kier alpha value is -0.940. The Morgan fingerprint density at radius 3 is 3.12 bits per heavy atom. The molecule has 1 aromatic heterocycles. The summed E-state index contributed by atoms with van der Waals surface area (Å²) in [5.41, 5.74) is 5.71. The smallest absolute Gasteiger partial charge is 0.240 e. The van der Waals surface area contributed by atoms with Crippen molar-refractivity contribution < 1.29 is 4.52 Å². The van der Waals surface area contributed by atoms with Crippen LogP contribution < -0.4 is 5.73 Å². The third-order valence-corrected chi connectivity index (χ3v) is 3.12.